The largest absolute Gasteiger partial charge is 0.356 e. The van der Waals surface area contributed by atoms with E-state index in [0.29, 0.717) is 25.6 Å². The van der Waals surface area contributed by atoms with Crippen LogP contribution >= 0.6 is 11.5 Å². The van der Waals surface area contributed by atoms with Crippen LogP contribution in [0.1, 0.15) is 26.7 Å². The number of fused-ring (bicyclic) bond motifs is 1. The molecule has 140 valence electrons. The van der Waals surface area contributed by atoms with Gasteiger partial charge in [0.2, 0.25) is 11.8 Å². The van der Waals surface area contributed by atoms with E-state index < -0.39 is 0 Å². The maximum absolute atomic E-state index is 12.4. The molecule has 1 fully saturated rings. The molecule has 1 N–H and O–H groups in total. The fraction of sp³-hybridized carbons (Fsp3) is 0.526. The van der Waals surface area contributed by atoms with E-state index in [1.54, 1.807) is 0 Å². The molecule has 0 aliphatic carbocycles. The minimum absolute atomic E-state index is 0.0420. The van der Waals surface area contributed by atoms with E-state index in [9.17, 15) is 9.59 Å². The molecule has 3 rings (SSSR count). The van der Waals surface area contributed by atoms with Gasteiger partial charge in [0.05, 0.1) is 4.70 Å². The van der Waals surface area contributed by atoms with Gasteiger partial charge in [-0.25, -0.2) is 0 Å². The number of rotatable bonds is 6. The van der Waals surface area contributed by atoms with Crippen LogP contribution in [0.5, 0.6) is 0 Å². The van der Waals surface area contributed by atoms with Crippen molar-refractivity contribution in [1.82, 2.24) is 14.6 Å². The van der Waals surface area contributed by atoms with Crippen molar-refractivity contribution in [3.05, 3.63) is 24.3 Å². The lowest BCUT2D eigenvalue weighted by Gasteiger charge is -2.35. The molecule has 0 atom stereocenters. The maximum Gasteiger partial charge on any atom is 0.223 e. The number of hydrogen-bond donors (Lipinski definition) is 1. The number of nitrogens with one attached hydrogen (secondary N) is 1. The molecule has 0 unspecified atom stereocenters. The molecular formula is C19H26N4O2S. The summed E-state index contributed by atoms with van der Waals surface area (Å²) in [5.41, 5.74) is 0. The van der Waals surface area contributed by atoms with Gasteiger partial charge in [0.1, 0.15) is 5.82 Å². The summed E-state index contributed by atoms with van der Waals surface area (Å²) in [4.78, 5) is 28.2. The fourth-order valence-electron chi connectivity index (χ4n) is 3.05. The van der Waals surface area contributed by atoms with E-state index in [1.165, 1.54) is 21.6 Å². The molecule has 2 amide bonds. The Kier molecular flexibility index (Phi) is 6.08. The molecule has 1 aromatic carbocycles. The lowest BCUT2D eigenvalue weighted by molar-refractivity contribution is -0.133. The molecule has 26 heavy (non-hydrogen) atoms. The first-order valence-corrected chi connectivity index (χ1v) is 9.96. The summed E-state index contributed by atoms with van der Waals surface area (Å²) in [7, 11) is 0. The van der Waals surface area contributed by atoms with Crippen LogP contribution in [0.25, 0.3) is 10.1 Å². The van der Waals surface area contributed by atoms with Crippen molar-refractivity contribution < 1.29 is 9.59 Å². The highest BCUT2D eigenvalue weighted by atomic mass is 32.1. The molecule has 0 saturated carbocycles. The average Bonchev–Trinajstić information content (AvgIpc) is 3.08. The van der Waals surface area contributed by atoms with Gasteiger partial charge < -0.3 is 15.1 Å². The topological polar surface area (TPSA) is 65.5 Å². The number of piperazine rings is 1. The third-order valence-corrected chi connectivity index (χ3v) is 5.38. The molecule has 1 aliphatic heterocycles. The van der Waals surface area contributed by atoms with Crippen LogP contribution in [0.4, 0.5) is 5.82 Å². The van der Waals surface area contributed by atoms with E-state index in [4.69, 9.17) is 0 Å². The highest BCUT2D eigenvalue weighted by Gasteiger charge is 2.23. The fourth-order valence-corrected chi connectivity index (χ4v) is 3.85. The number of aromatic nitrogens is 1. The van der Waals surface area contributed by atoms with Crippen molar-refractivity contribution in [2.45, 2.75) is 26.7 Å². The van der Waals surface area contributed by atoms with Crippen LogP contribution in [-0.2, 0) is 9.59 Å². The summed E-state index contributed by atoms with van der Waals surface area (Å²) in [6.45, 7) is 7.68. The highest BCUT2D eigenvalue weighted by molar-refractivity contribution is 7.13. The summed E-state index contributed by atoms with van der Waals surface area (Å²) in [5.74, 6) is 1.46. The van der Waals surface area contributed by atoms with Gasteiger partial charge in [-0.05, 0) is 29.6 Å². The predicted molar refractivity (Wildman–Crippen MR) is 105 cm³/mol. The van der Waals surface area contributed by atoms with Crippen LogP contribution in [0.15, 0.2) is 24.3 Å². The standard InChI is InChI=1S/C19H26N4O2S/c1-14(2)13-20-17(24)7-8-18(25)22-9-11-23(12-10-22)19-15-5-3-4-6-16(15)26-21-19/h3-6,14H,7-13H2,1-2H3,(H,20,24). The molecule has 2 heterocycles. The van der Waals surface area contributed by atoms with Crippen molar-refractivity contribution >= 4 is 39.3 Å². The second-order valence-electron chi connectivity index (χ2n) is 7.07. The SMILES string of the molecule is CC(C)CNC(=O)CCC(=O)N1CCN(c2nsc3ccccc23)CC1. The number of nitrogens with zero attached hydrogens (tertiary/aromatic N) is 3. The van der Waals surface area contributed by atoms with Crippen molar-refractivity contribution in [1.29, 1.82) is 0 Å². The number of carbonyl (C=O) groups excluding carboxylic acids is 2. The minimum atomic E-state index is -0.0420. The van der Waals surface area contributed by atoms with Gasteiger partial charge in [0, 0.05) is 51.0 Å². The minimum Gasteiger partial charge on any atom is -0.356 e. The maximum atomic E-state index is 12.4. The number of amides is 2. The van der Waals surface area contributed by atoms with Crippen molar-refractivity contribution in [2.24, 2.45) is 5.92 Å². The second kappa shape index (κ2) is 8.49. The normalized spacial score (nSPS) is 14.9. The average molecular weight is 375 g/mol. The number of anilines is 1. The smallest absolute Gasteiger partial charge is 0.223 e. The highest BCUT2D eigenvalue weighted by Crippen LogP contribution is 2.29. The Hall–Kier alpha value is -2.15. The number of hydrogen-bond acceptors (Lipinski definition) is 5. The summed E-state index contributed by atoms with van der Waals surface area (Å²) in [6.07, 6.45) is 0.548. The number of benzene rings is 1. The summed E-state index contributed by atoms with van der Waals surface area (Å²) >= 11 is 1.52. The van der Waals surface area contributed by atoms with Gasteiger partial charge in [-0.3, -0.25) is 9.59 Å². The molecular weight excluding hydrogens is 348 g/mol. The van der Waals surface area contributed by atoms with Crippen LogP contribution in [-0.4, -0.2) is 53.8 Å². The second-order valence-corrected chi connectivity index (χ2v) is 7.87. The quantitative estimate of drug-likeness (QED) is 0.844. The molecule has 0 bridgehead atoms. The summed E-state index contributed by atoms with van der Waals surface area (Å²) in [5, 5.41) is 4.04. The van der Waals surface area contributed by atoms with Gasteiger partial charge in [-0.1, -0.05) is 26.0 Å². The monoisotopic (exact) mass is 374 g/mol. The zero-order chi connectivity index (χ0) is 18.5. The zero-order valence-electron chi connectivity index (χ0n) is 15.4. The summed E-state index contributed by atoms with van der Waals surface area (Å²) < 4.78 is 5.78. The van der Waals surface area contributed by atoms with Crippen molar-refractivity contribution in [3.8, 4) is 0 Å². The van der Waals surface area contributed by atoms with Crippen molar-refractivity contribution in [2.75, 3.05) is 37.6 Å². The van der Waals surface area contributed by atoms with E-state index in [-0.39, 0.29) is 24.7 Å². The Morgan fingerprint density at radius 3 is 2.62 bits per heavy atom. The Morgan fingerprint density at radius 1 is 1.15 bits per heavy atom. The molecule has 6 nitrogen and oxygen atoms in total. The van der Waals surface area contributed by atoms with E-state index >= 15 is 0 Å². The Bertz CT molecular complexity index is 766. The lowest BCUT2D eigenvalue weighted by Crippen LogP contribution is -2.49. The lowest BCUT2D eigenvalue weighted by atomic mass is 10.2. The van der Waals surface area contributed by atoms with Crippen LogP contribution in [0.2, 0.25) is 0 Å². The first-order valence-electron chi connectivity index (χ1n) is 9.18. The van der Waals surface area contributed by atoms with Gasteiger partial charge in [-0.2, -0.15) is 4.37 Å². The van der Waals surface area contributed by atoms with E-state index in [0.717, 1.165) is 18.9 Å². The van der Waals surface area contributed by atoms with Gasteiger partial charge in [0.25, 0.3) is 0 Å². The molecule has 2 aromatic rings. The summed E-state index contributed by atoms with van der Waals surface area (Å²) in [6, 6.07) is 8.24. The molecule has 1 aromatic heterocycles. The van der Waals surface area contributed by atoms with Gasteiger partial charge in [0.15, 0.2) is 0 Å². The van der Waals surface area contributed by atoms with Crippen LogP contribution in [0.3, 0.4) is 0 Å². The predicted octanol–water partition coefficient (Wildman–Crippen LogP) is 2.50. The van der Waals surface area contributed by atoms with Crippen LogP contribution < -0.4 is 10.2 Å². The third-order valence-electron chi connectivity index (χ3n) is 4.56. The molecule has 1 saturated heterocycles. The number of carbonyl (C=O) groups is 2. The molecule has 7 heteroatoms. The molecule has 0 spiro atoms. The Labute approximate surface area is 158 Å². The van der Waals surface area contributed by atoms with Crippen LogP contribution in [0, 0.1) is 5.92 Å². The Balaban J connectivity index is 1.47. The molecule has 0 radical (unpaired) electrons. The third kappa shape index (κ3) is 4.52. The van der Waals surface area contributed by atoms with Crippen molar-refractivity contribution in [3.63, 3.8) is 0 Å². The molecule has 1 aliphatic rings. The van der Waals surface area contributed by atoms with Gasteiger partial charge >= 0.3 is 0 Å². The first-order chi connectivity index (χ1) is 12.5. The Morgan fingerprint density at radius 2 is 1.88 bits per heavy atom. The van der Waals surface area contributed by atoms with E-state index in [1.807, 2.05) is 17.0 Å². The van der Waals surface area contributed by atoms with Gasteiger partial charge in [-0.15, -0.1) is 0 Å². The van der Waals surface area contributed by atoms with E-state index in [2.05, 4.69) is 40.6 Å². The first kappa shape index (κ1) is 18.6. The zero-order valence-corrected chi connectivity index (χ0v) is 16.2.